The van der Waals surface area contributed by atoms with Gasteiger partial charge in [-0.25, -0.2) is 0 Å². The molecule has 0 atom stereocenters. The van der Waals surface area contributed by atoms with Gasteiger partial charge in [-0.1, -0.05) is 67.6 Å². The quantitative estimate of drug-likeness (QED) is 0.594. The van der Waals surface area contributed by atoms with Crippen LogP contribution in [0.1, 0.15) is 35.9 Å². The Morgan fingerprint density at radius 2 is 1.85 bits per heavy atom. The number of aromatic nitrogens is 2. The first-order valence-electron chi connectivity index (χ1n) is 8.69. The molecule has 5 nitrogen and oxygen atoms in total. The summed E-state index contributed by atoms with van der Waals surface area (Å²) in [5, 5.41) is 12.2. The van der Waals surface area contributed by atoms with Crippen molar-refractivity contribution in [1.29, 1.82) is 0 Å². The van der Waals surface area contributed by atoms with Crippen LogP contribution in [0.4, 0.5) is 5.13 Å². The van der Waals surface area contributed by atoms with Crippen LogP contribution in [0.2, 0.25) is 0 Å². The number of nitrogens with one attached hydrogen (secondary N) is 1. The standard InChI is InChI=1S/C21H21N3O2S/c1-15(2)20-23-24-21(27-20)22-19(25)13-10-16-8-11-18(12-9-16)26-14-17-6-4-3-5-7-17/h3-13,15H,14H2,1-2H3,(H,22,24,25)/b13-10+. The van der Waals surface area contributed by atoms with Crippen LogP contribution in [0, 0.1) is 0 Å². The third-order valence-electron chi connectivity index (χ3n) is 3.72. The zero-order chi connectivity index (χ0) is 19.1. The topological polar surface area (TPSA) is 64.1 Å². The van der Waals surface area contributed by atoms with Gasteiger partial charge >= 0.3 is 0 Å². The minimum Gasteiger partial charge on any atom is -0.489 e. The van der Waals surface area contributed by atoms with Crippen molar-refractivity contribution in [2.24, 2.45) is 0 Å². The molecule has 0 fully saturated rings. The highest BCUT2D eigenvalue weighted by molar-refractivity contribution is 7.15. The number of hydrogen-bond donors (Lipinski definition) is 1. The normalized spacial score (nSPS) is 11.1. The van der Waals surface area contributed by atoms with E-state index in [0.717, 1.165) is 21.9 Å². The number of hydrogen-bond acceptors (Lipinski definition) is 5. The van der Waals surface area contributed by atoms with Crippen molar-refractivity contribution in [2.45, 2.75) is 26.4 Å². The molecule has 1 amide bonds. The molecule has 0 bridgehead atoms. The van der Waals surface area contributed by atoms with Crippen LogP contribution in [0.25, 0.3) is 6.08 Å². The first-order chi connectivity index (χ1) is 13.1. The van der Waals surface area contributed by atoms with Gasteiger partial charge in [0.25, 0.3) is 0 Å². The minimum atomic E-state index is -0.231. The number of benzene rings is 2. The monoisotopic (exact) mass is 379 g/mol. The molecule has 0 aliphatic rings. The summed E-state index contributed by atoms with van der Waals surface area (Å²) in [6.45, 7) is 4.61. The van der Waals surface area contributed by atoms with Crippen molar-refractivity contribution in [3.05, 3.63) is 76.8 Å². The summed E-state index contributed by atoms with van der Waals surface area (Å²) in [7, 11) is 0. The molecule has 1 heterocycles. The van der Waals surface area contributed by atoms with E-state index >= 15 is 0 Å². The number of carbonyl (C=O) groups is 1. The Hall–Kier alpha value is -2.99. The van der Waals surface area contributed by atoms with E-state index in [1.807, 2.05) is 68.4 Å². The highest BCUT2D eigenvalue weighted by atomic mass is 32.1. The lowest BCUT2D eigenvalue weighted by Gasteiger charge is -2.06. The van der Waals surface area contributed by atoms with E-state index in [2.05, 4.69) is 15.5 Å². The summed E-state index contributed by atoms with van der Waals surface area (Å²) in [5.41, 5.74) is 2.03. The summed E-state index contributed by atoms with van der Waals surface area (Å²) in [6.07, 6.45) is 3.23. The number of ether oxygens (including phenoxy) is 1. The minimum absolute atomic E-state index is 0.231. The Morgan fingerprint density at radius 3 is 2.52 bits per heavy atom. The van der Waals surface area contributed by atoms with Crippen LogP contribution in [0.5, 0.6) is 5.75 Å². The fourth-order valence-corrected chi connectivity index (χ4v) is 3.00. The molecule has 0 aliphatic heterocycles. The van der Waals surface area contributed by atoms with Crippen LogP contribution >= 0.6 is 11.3 Å². The van der Waals surface area contributed by atoms with Crippen LogP contribution in [-0.2, 0) is 11.4 Å². The van der Waals surface area contributed by atoms with Gasteiger partial charge in [0.1, 0.15) is 17.4 Å². The molecule has 3 aromatic rings. The summed E-state index contributed by atoms with van der Waals surface area (Å²) in [5.74, 6) is 0.854. The van der Waals surface area contributed by atoms with Crippen LogP contribution < -0.4 is 10.1 Å². The summed E-state index contributed by atoms with van der Waals surface area (Å²) >= 11 is 1.39. The third kappa shape index (κ3) is 5.76. The molecular weight excluding hydrogens is 358 g/mol. The molecule has 2 aromatic carbocycles. The summed E-state index contributed by atoms with van der Waals surface area (Å²) < 4.78 is 5.76. The second-order valence-corrected chi connectivity index (χ2v) is 7.28. The van der Waals surface area contributed by atoms with Crippen molar-refractivity contribution < 1.29 is 9.53 Å². The number of amides is 1. The lowest BCUT2D eigenvalue weighted by molar-refractivity contribution is -0.111. The van der Waals surface area contributed by atoms with Crippen molar-refractivity contribution in [2.75, 3.05) is 5.32 Å². The van der Waals surface area contributed by atoms with Gasteiger partial charge in [-0.15, -0.1) is 10.2 Å². The van der Waals surface area contributed by atoms with Crippen LogP contribution in [-0.4, -0.2) is 16.1 Å². The van der Waals surface area contributed by atoms with Crippen molar-refractivity contribution in [1.82, 2.24) is 10.2 Å². The van der Waals surface area contributed by atoms with E-state index in [0.29, 0.717) is 17.7 Å². The number of carbonyl (C=O) groups excluding carboxylic acids is 1. The van der Waals surface area contributed by atoms with Gasteiger partial charge in [0.15, 0.2) is 0 Å². The number of rotatable bonds is 7. The number of anilines is 1. The maximum atomic E-state index is 12.0. The van der Waals surface area contributed by atoms with Gasteiger partial charge in [-0.3, -0.25) is 10.1 Å². The maximum Gasteiger partial charge on any atom is 0.250 e. The Bertz CT molecular complexity index is 903. The molecule has 3 rings (SSSR count). The molecule has 0 spiro atoms. The summed E-state index contributed by atoms with van der Waals surface area (Å²) in [6, 6.07) is 17.6. The SMILES string of the molecule is CC(C)c1nnc(NC(=O)/C=C/c2ccc(OCc3ccccc3)cc2)s1. The van der Waals surface area contributed by atoms with Crippen LogP contribution in [0.15, 0.2) is 60.7 Å². The second-order valence-electron chi connectivity index (χ2n) is 6.27. The van der Waals surface area contributed by atoms with Crippen molar-refractivity contribution >= 4 is 28.5 Å². The molecule has 0 radical (unpaired) electrons. The molecule has 0 aliphatic carbocycles. The third-order valence-corrected chi connectivity index (χ3v) is 4.86. The van der Waals surface area contributed by atoms with Gasteiger partial charge < -0.3 is 4.74 Å². The Morgan fingerprint density at radius 1 is 1.11 bits per heavy atom. The predicted octanol–water partition coefficient (Wildman–Crippen LogP) is 4.89. The zero-order valence-corrected chi connectivity index (χ0v) is 16.1. The highest BCUT2D eigenvalue weighted by Gasteiger charge is 2.08. The van der Waals surface area contributed by atoms with E-state index in [9.17, 15) is 4.79 Å². The average molecular weight is 379 g/mol. The molecule has 6 heteroatoms. The molecule has 138 valence electrons. The van der Waals surface area contributed by atoms with Gasteiger partial charge in [0.2, 0.25) is 11.0 Å². The van der Waals surface area contributed by atoms with Gasteiger partial charge in [-0.05, 0) is 29.3 Å². The van der Waals surface area contributed by atoms with E-state index < -0.39 is 0 Å². The molecule has 0 saturated heterocycles. The highest BCUT2D eigenvalue weighted by Crippen LogP contribution is 2.22. The smallest absolute Gasteiger partial charge is 0.250 e. The first kappa shape index (κ1) is 18.8. The van der Waals surface area contributed by atoms with E-state index in [4.69, 9.17) is 4.74 Å². The average Bonchev–Trinajstić information content (AvgIpc) is 3.15. The Kier molecular flexibility index (Phi) is 6.33. The first-order valence-corrected chi connectivity index (χ1v) is 9.51. The fraction of sp³-hybridized carbons (Fsp3) is 0.190. The van der Waals surface area contributed by atoms with E-state index in [1.165, 1.54) is 17.4 Å². The molecular formula is C21H21N3O2S. The van der Waals surface area contributed by atoms with E-state index in [-0.39, 0.29) is 5.91 Å². The molecule has 27 heavy (non-hydrogen) atoms. The summed E-state index contributed by atoms with van der Waals surface area (Å²) in [4.78, 5) is 12.0. The lowest BCUT2D eigenvalue weighted by atomic mass is 10.2. The largest absolute Gasteiger partial charge is 0.489 e. The molecule has 0 saturated carbocycles. The van der Waals surface area contributed by atoms with E-state index in [1.54, 1.807) is 6.08 Å². The fourth-order valence-electron chi connectivity index (χ4n) is 2.25. The number of nitrogens with zero attached hydrogens (tertiary/aromatic N) is 2. The Balaban J connectivity index is 1.51. The lowest BCUT2D eigenvalue weighted by Crippen LogP contribution is -2.07. The van der Waals surface area contributed by atoms with Gasteiger partial charge in [-0.2, -0.15) is 0 Å². The van der Waals surface area contributed by atoms with Crippen molar-refractivity contribution in [3.8, 4) is 5.75 Å². The molecule has 1 aromatic heterocycles. The van der Waals surface area contributed by atoms with Crippen molar-refractivity contribution in [3.63, 3.8) is 0 Å². The van der Waals surface area contributed by atoms with Gasteiger partial charge in [0.05, 0.1) is 0 Å². The maximum absolute atomic E-state index is 12.0. The second kappa shape index (κ2) is 9.09. The Labute approximate surface area is 162 Å². The van der Waals surface area contributed by atoms with Crippen LogP contribution in [0.3, 0.4) is 0 Å². The van der Waals surface area contributed by atoms with Gasteiger partial charge in [0, 0.05) is 12.0 Å². The predicted molar refractivity (Wildman–Crippen MR) is 109 cm³/mol. The molecule has 0 unspecified atom stereocenters. The molecule has 1 N–H and O–H groups in total. The zero-order valence-electron chi connectivity index (χ0n) is 15.3.